The predicted octanol–water partition coefficient (Wildman–Crippen LogP) is 4.90. The number of rotatable bonds is 4. The molecule has 0 aromatic carbocycles. The van der Waals surface area contributed by atoms with E-state index in [1.54, 1.807) is 0 Å². The molecule has 0 saturated heterocycles. The molecule has 0 fully saturated rings. The Kier molecular flexibility index (Phi) is 8.41. The fraction of sp³-hybridized carbons (Fsp3) is 1.00. The van der Waals surface area contributed by atoms with Crippen LogP contribution in [-0.4, -0.2) is 12.2 Å². The van der Waals surface area contributed by atoms with Crippen molar-refractivity contribution in [2.45, 2.75) is 74.3 Å². The lowest BCUT2D eigenvalue weighted by Gasteiger charge is -2.31. The van der Waals surface area contributed by atoms with E-state index < -0.39 is 0 Å². The van der Waals surface area contributed by atoms with Crippen LogP contribution in [0.1, 0.15) is 68.7 Å². The van der Waals surface area contributed by atoms with E-state index in [0.717, 1.165) is 13.0 Å². The normalized spacial score (nSPS) is 12.4. The van der Waals surface area contributed by atoms with Gasteiger partial charge in [-0.2, -0.15) is 0 Å². The molecule has 1 heteroatoms. The molecule has 0 N–H and O–H groups in total. The molecule has 0 unspecified atom stereocenters. The summed E-state index contributed by atoms with van der Waals surface area (Å²) in [6, 6.07) is 0. The second kappa shape index (κ2) is 7.27. The summed E-state index contributed by atoms with van der Waals surface area (Å²) in [6.45, 7) is 20.4. The van der Waals surface area contributed by atoms with E-state index in [4.69, 9.17) is 4.74 Å². The van der Waals surface area contributed by atoms with Crippen molar-refractivity contribution in [1.29, 1.82) is 0 Å². The van der Waals surface area contributed by atoms with Gasteiger partial charge in [0.15, 0.2) is 0 Å². The Bertz CT molecular complexity index is 140. The lowest BCUT2D eigenvalue weighted by molar-refractivity contribution is -0.0580. The smallest absolute Gasteiger partial charge is 0.0649 e. The van der Waals surface area contributed by atoms with Crippen molar-refractivity contribution in [3.05, 3.63) is 0 Å². The second-order valence-corrected chi connectivity index (χ2v) is 5.92. The van der Waals surface area contributed by atoms with Crippen LogP contribution < -0.4 is 0 Å². The van der Waals surface area contributed by atoms with Gasteiger partial charge in [0, 0.05) is 6.61 Å². The summed E-state index contributed by atoms with van der Waals surface area (Å²) in [5.74, 6) is 0.576. The highest BCUT2D eigenvalue weighted by atomic mass is 16.5. The summed E-state index contributed by atoms with van der Waals surface area (Å²) in [5.41, 5.74) is 0.401. The van der Waals surface area contributed by atoms with Crippen molar-refractivity contribution in [3.63, 3.8) is 0 Å². The Labute approximate surface area is 97.6 Å². The molecule has 0 aliphatic rings. The molecular weight excluding hydrogens is 184 g/mol. The van der Waals surface area contributed by atoms with Crippen molar-refractivity contribution < 1.29 is 4.74 Å². The minimum Gasteiger partial charge on any atom is -0.375 e. The van der Waals surface area contributed by atoms with Gasteiger partial charge in [-0.1, -0.05) is 48.5 Å². The third kappa shape index (κ3) is 10.2. The first-order valence-corrected chi connectivity index (χ1v) is 6.29. The zero-order valence-electron chi connectivity index (χ0n) is 12.4. The lowest BCUT2D eigenvalue weighted by atomic mass is 9.92. The van der Waals surface area contributed by atoms with Crippen LogP contribution >= 0.6 is 0 Å². The van der Waals surface area contributed by atoms with Crippen LogP contribution in [0, 0.1) is 11.3 Å². The Morgan fingerprint density at radius 3 is 1.60 bits per heavy atom. The topological polar surface area (TPSA) is 9.23 Å². The van der Waals surface area contributed by atoms with E-state index >= 15 is 0 Å². The maximum atomic E-state index is 5.87. The molecule has 0 atom stereocenters. The molecule has 0 aliphatic carbocycles. The van der Waals surface area contributed by atoms with Crippen molar-refractivity contribution in [1.82, 2.24) is 0 Å². The Hall–Kier alpha value is -0.0400. The molecule has 0 rings (SSSR count). The van der Waals surface area contributed by atoms with Gasteiger partial charge in [0.1, 0.15) is 0 Å². The first-order chi connectivity index (χ1) is 6.65. The predicted molar refractivity (Wildman–Crippen MR) is 70.3 cm³/mol. The quantitative estimate of drug-likeness (QED) is 0.649. The SMILES string of the molecule is CC.CC(C)C(C)(C)OCCC(C)(C)C. The number of hydrogen-bond acceptors (Lipinski definition) is 1. The van der Waals surface area contributed by atoms with Crippen LogP contribution in [-0.2, 0) is 4.74 Å². The van der Waals surface area contributed by atoms with Crippen LogP contribution in [0.2, 0.25) is 0 Å². The molecule has 0 radical (unpaired) electrons. The summed E-state index contributed by atoms with van der Waals surface area (Å²) in [6.07, 6.45) is 1.13. The molecule has 0 aromatic rings. The van der Waals surface area contributed by atoms with Crippen molar-refractivity contribution in [2.24, 2.45) is 11.3 Å². The third-order valence-corrected chi connectivity index (χ3v) is 2.72. The van der Waals surface area contributed by atoms with E-state index in [2.05, 4.69) is 48.5 Å². The highest BCUT2D eigenvalue weighted by molar-refractivity contribution is 4.73. The van der Waals surface area contributed by atoms with Crippen molar-refractivity contribution in [3.8, 4) is 0 Å². The second-order valence-electron chi connectivity index (χ2n) is 5.92. The van der Waals surface area contributed by atoms with Gasteiger partial charge < -0.3 is 4.74 Å². The van der Waals surface area contributed by atoms with Crippen LogP contribution in [0.15, 0.2) is 0 Å². The maximum Gasteiger partial charge on any atom is 0.0649 e. The first-order valence-electron chi connectivity index (χ1n) is 6.29. The summed E-state index contributed by atoms with van der Waals surface area (Å²) >= 11 is 0. The molecule has 0 aliphatic heterocycles. The summed E-state index contributed by atoms with van der Waals surface area (Å²) in [7, 11) is 0. The van der Waals surface area contributed by atoms with E-state index in [1.807, 2.05) is 13.8 Å². The van der Waals surface area contributed by atoms with E-state index in [-0.39, 0.29) is 5.60 Å². The standard InChI is InChI=1S/C12H26O.C2H6/c1-10(2)12(6,7)13-9-8-11(3,4)5;1-2/h10H,8-9H2,1-7H3;1-2H3. The minimum atomic E-state index is 0.0191. The number of hydrogen-bond donors (Lipinski definition) is 0. The molecule has 0 aromatic heterocycles. The molecule has 94 valence electrons. The molecule has 0 bridgehead atoms. The monoisotopic (exact) mass is 216 g/mol. The van der Waals surface area contributed by atoms with E-state index in [0.29, 0.717) is 11.3 Å². The Balaban J connectivity index is 0. The first kappa shape index (κ1) is 17.4. The lowest BCUT2D eigenvalue weighted by Crippen LogP contribution is -2.32. The Morgan fingerprint density at radius 1 is 0.933 bits per heavy atom. The van der Waals surface area contributed by atoms with Gasteiger partial charge in [-0.25, -0.2) is 0 Å². The minimum absolute atomic E-state index is 0.0191. The summed E-state index contributed by atoms with van der Waals surface area (Å²) in [5, 5.41) is 0. The van der Waals surface area contributed by atoms with Crippen LogP contribution in [0.4, 0.5) is 0 Å². The van der Waals surface area contributed by atoms with Gasteiger partial charge in [-0.3, -0.25) is 0 Å². The maximum absolute atomic E-state index is 5.87. The molecule has 0 saturated carbocycles. The van der Waals surface area contributed by atoms with Gasteiger partial charge >= 0.3 is 0 Å². The zero-order chi connectivity index (χ0) is 12.7. The fourth-order valence-electron chi connectivity index (χ4n) is 0.787. The van der Waals surface area contributed by atoms with Gasteiger partial charge in [0.05, 0.1) is 5.60 Å². The highest BCUT2D eigenvalue weighted by Crippen LogP contribution is 2.24. The van der Waals surface area contributed by atoms with Crippen molar-refractivity contribution >= 4 is 0 Å². The molecule has 0 spiro atoms. The van der Waals surface area contributed by atoms with Gasteiger partial charge in [-0.15, -0.1) is 0 Å². The molecule has 15 heavy (non-hydrogen) atoms. The fourth-order valence-corrected chi connectivity index (χ4v) is 0.787. The third-order valence-electron chi connectivity index (χ3n) is 2.72. The van der Waals surface area contributed by atoms with Gasteiger partial charge in [0.2, 0.25) is 0 Å². The van der Waals surface area contributed by atoms with Crippen LogP contribution in [0.5, 0.6) is 0 Å². The average Bonchev–Trinajstić information content (AvgIpc) is 2.04. The van der Waals surface area contributed by atoms with Crippen LogP contribution in [0.25, 0.3) is 0 Å². The molecular formula is C14H32O. The largest absolute Gasteiger partial charge is 0.375 e. The molecule has 0 amide bonds. The zero-order valence-corrected chi connectivity index (χ0v) is 12.4. The number of ether oxygens (including phenoxy) is 1. The van der Waals surface area contributed by atoms with Gasteiger partial charge in [0.25, 0.3) is 0 Å². The molecule has 1 nitrogen and oxygen atoms in total. The van der Waals surface area contributed by atoms with E-state index in [1.165, 1.54) is 0 Å². The Morgan fingerprint density at radius 2 is 1.33 bits per heavy atom. The van der Waals surface area contributed by atoms with Crippen molar-refractivity contribution in [2.75, 3.05) is 6.61 Å². The summed E-state index contributed by atoms with van der Waals surface area (Å²) < 4.78 is 5.87. The highest BCUT2D eigenvalue weighted by Gasteiger charge is 2.23. The average molecular weight is 216 g/mol. The van der Waals surface area contributed by atoms with Crippen LogP contribution in [0.3, 0.4) is 0 Å². The van der Waals surface area contributed by atoms with Gasteiger partial charge in [-0.05, 0) is 31.6 Å². The van der Waals surface area contributed by atoms with E-state index in [9.17, 15) is 0 Å². The molecule has 0 heterocycles. The summed E-state index contributed by atoms with van der Waals surface area (Å²) in [4.78, 5) is 0.